The third kappa shape index (κ3) is 2.99. The van der Waals surface area contributed by atoms with Crippen molar-refractivity contribution in [2.45, 2.75) is 19.4 Å². The second kappa shape index (κ2) is 5.83. The highest BCUT2D eigenvalue weighted by Gasteiger charge is 2.13. The number of aromatic nitrogens is 1. The van der Waals surface area contributed by atoms with Crippen LogP contribution in [-0.2, 0) is 0 Å². The van der Waals surface area contributed by atoms with Gasteiger partial charge in [-0.3, -0.25) is 0 Å². The predicted molar refractivity (Wildman–Crippen MR) is 72.3 cm³/mol. The second-order valence-electron chi connectivity index (χ2n) is 3.99. The molecule has 4 heteroatoms. The van der Waals surface area contributed by atoms with Crippen molar-refractivity contribution in [3.05, 3.63) is 59.1 Å². The van der Waals surface area contributed by atoms with E-state index in [-0.39, 0.29) is 11.9 Å². The van der Waals surface area contributed by atoms with Crippen LogP contribution in [0.25, 0.3) is 0 Å². The fraction of sp³-hybridized carbons (Fsp3) is 0.214. The topological polar surface area (TPSA) is 24.9 Å². The van der Waals surface area contributed by atoms with Crippen molar-refractivity contribution in [1.29, 1.82) is 0 Å². The Kier molecular flexibility index (Phi) is 4.15. The Bertz CT molecular complexity index is 531. The number of nitrogens with one attached hydrogen (secondary N) is 1. The Labute approximate surface area is 111 Å². The van der Waals surface area contributed by atoms with Crippen LogP contribution < -0.4 is 5.32 Å². The Morgan fingerprint density at radius 1 is 1.33 bits per heavy atom. The van der Waals surface area contributed by atoms with E-state index in [4.69, 9.17) is 11.6 Å². The predicted octanol–water partition coefficient (Wildman–Crippen LogP) is 4.44. The normalized spacial score (nSPS) is 12.2. The molecule has 2 rings (SSSR count). The molecule has 1 aromatic heterocycles. The van der Waals surface area contributed by atoms with Crippen molar-refractivity contribution in [1.82, 2.24) is 4.98 Å². The van der Waals surface area contributed by atoms with Gasteiger partial charge in [-0.25, -0.2) is 9.37 Å². The molecule has 1 atom stereocenters. The van der Waals surface area contributed by atoms with E-state index in [0.717, 1.165) is 12.1 Å². The number of hydrogen-bond donors (Lipinski definition) is 1. The summed E-state index contributed by atoms with van der Waals surface area (Å²) in [7, 11) is 0. The van der Waals surface area contributed by atoms with Gasteiger partial charge in [-0.2, -0.15) is 0 Å². The maximum Gasteiger partial charge on any atom is 0.131 e. The Hall–Kier alpha value is -1.61. The van der Waals surface area contributed by atoms with Gasteiger partial charge in [0.25, 0.3) is 0 Å². The second-order valence-corrected chi connectivity index (χ2v) is 4.38. The van der Waals surface area contributed by atoms with Crippen molar-refractivity contribution >= 4 is 17.3 Å². The van der Waals surface area contributed by atoms with Crippen molar-refractivity contribution in [3.8, 4) is 0 Å². The average molecular weight is 265 g/mol. The zero-order chi connectivity index (χ0) is 13.0. The molecule has 0 bridgehead atoms. The van der Waals surface area contributed by atoms with Gasteiger partial charge >= 0.3 is 0 Å². The molecule has 18 heavy (non-hydrogen) atoms. The Balaban J connectivity index is 2.23. The molecule has 1 aromatic carbocycles. The quantitative estimate of drug-likeness (QED) is 0.826. The summed E-state index contributed by atoms with van der Waals surface area (Å²) in [5.41, 5.74) is 1.50. The third-order valence-corrected chi connectivity index (χ3v) is 2.96. The number of pyridine rings is 1. The van der Waals surface area contributed by atoms with E-state index < -0.39 is 0 Å². The van der Waals surface area contributed by atoms with E-state index in [0.29, 0.717) is 10.7 Å². The van der Waals surface area contributed by atoms with E-state index in [1.54, 1.807) is 24.4 Å². The van der Waals surface area contributed by atoms with Gasteiger partial charge in [0.05, 0.1) is 6.04 Å². The number of anilines is 1. The smallest absolute Gasteiger partial charge is 0.131 e. The highest BCUT2D eigenvalue weighted by atomic mass is 35.5. The fourth-order valence-corrected chi connectivity index (χ4v) is 2.02. The molecule has 0 amide bonds. The molecule has 94 valence electrons. The molecule has 0 saturated heterocycles. The summed E-state index contributed by atoms with van der Waals surface area (Å²) in [5.74, 6) is -0.197. The van der Waals surface area contributed by atoms with Crippen LogP contribution in [0.3, 0.4) is 0 Å². The lowest BCUT2D eigenvalue weighted by Gasteiger charge is -2.19. The van der Waals surface area contributed by atoms with Crippen molar-refractivity contribution in [3.63, 3.8) is 0 Å². The van der Waals surface area contributed by atoms with Crippen LogP contribution in [0.15, 0.2) is 42.6 Å². The van der Waals surface area contributed by atoms with Crippen molar-refractivity contribution in [2.24, 2.45) is 0 Å². The lowest BCUT2D eigenvalue weighted by Crippen LogP contribution is -2.11. The maximum atomic E-state index is 13.7. The van der Waals surface area contributed by atoms with E-state index in [2.05, 4.69) is 10.3 Å². The monoisotopic (exact) mass is 264 g/mol. The highest BCUT2D eigenvalue weighted by molar-refractivity contribution is 6.29. The third-order valence-electron chi connectivity index (χ3n) is 2.76. The van der Waals surface area contributed by atoms with Crippen molar-refractivity contribution in [2.75, 3.05) is 5.32 Å². The summed E-state index contributed by atoms with van der Waals surface area (Å²) < 4.78 is 13.7. The van der Waals surface area contributed by atoms with Gasteiger partial charge in [-0.05, 0) is 24.6 Å². The van der Waals surface area contributed by atoms with Gasteiger partial charge in [-0.15, -0.1) is 0 Å². The first-order valence-corrected chi connectivity index (χ1v) is 6.21. The lowest BCUT2D eigenvalue weighted by atomic mass is 10.0. The van der Waals surface area contributed by atoms with Crippen LogP contribution >= 0.6 is 11.6 Å². The van der Waals surface area contributed by atoms with Crippen LogP contribution in [0.1, 0.15) is 24.9 Å². The molecule has 2 aromatic rings. The zero-order valence-electron chi connectivity index (χ0n) is 10.0. The summed E-state index contributed by atoms with van der Waals surface area (Å²) in [5, 5.41) is 3.68. The zero-order valence-corrected chi connectivity index (χ0v) is 10.8. The average Bonchev–Trinajstić information content (AvgIpc) is 2.37. The van der Waals surface area contributed by atoms with Crippen LogP contribution in [0, 0.1) is 5.82 Å². The molecule has 0 aliphatic heterocycles. The summed E-state index contributed by atoms with van der Waals surface area (Å²) in [6.07, 6.45) is 2.40. The maximum absolute atomic E-state index is 13.7. The first kappa shape index (κ1) is 12.8. The van der Waals surface area contributed by atoms with Crippen LogP contribution in [-0.4, -0.2) is 4.98 Å². The minimum absolute atomic E-state index is 0.0790. The van der Waals surface area contributed by atoms with Gasteiger partial charge in [0.15, 0.2) is 0 Å². The molecule has 2 nitrogen and oxygen atoms in total. The minimum atomic E-state index is -0.197. The number of benzene rings is 1. The fourth-order valence-electron chi connectivity index (χ4n) is 1.85. The van der Waals surface area contributed by atoms with Gasteiger partial charge in [-0.1, -0.05) is 36.7 Å². The highest BCUT2D eigenvalue weighted by Crippen LogP contribution is 2.25. The standard InChI is InChI=1S/C14H14ClFN2/c1-2-13(11-5-3-4-6-12(11)16)18-10-7-8-17-14(15)9-10/h3-9,13H,2H2,1H3,(H,17,18). The summed E-state index contributed by atoms with van der Waals surface area (Å²) in [4.78, 5) is 3.91. The lowest BCUT2D eigenvalue weighted by molar-refractivity contribution is 0.587. The molecule has 1 heterocycles. The number of rotatable bonds is 4. The Morgan fingerprint density at radius 2 is 2.11 bits per heavy atom. The molecule has 0 saturated carbocycles. The molecule has 0 spiro atoms. The van der Waals surface area contributed by atoms with E-state index >= 15 is 0 Å². The molecular weight excluding hydrogens is 251 g/mol. The summed E-state index contributed by atoms with van der Waals surface area (Å²) in [6, 6.07) is 10.3. The van der Waals surface area contributed by atoms with Crippen LogP contribution in [0.2, 0.25) is 5.15 Å². The molecular formula is C14H14ClFN2. The SMILES string of the molecule is CCC(Nc1ccnc(Cl)c1)c1ccccc1F. The number of hydrogen-bond acceptors (Lipinski definition) is 2. The van der Waals surface area contributed by atoms with Gasteiger partial charge in [0.2, 0.25) is 0 Å². The van der Waals surface area contributed by atoms with Crippen LogP contribution in [0.4, 0.5) is 10.1 Å². The van der Waals surface area contributed by atoms with E-state index in [9.17, 15) is 4.39 Å². The number of halogens is 2. The van der Waals surface area contributed by atoms with E-state index in [1.165, 1.54) is 6.07 Å². The Morgan fingerprint density at radius 3 is 2.78 bits per heavy atom. The van der Waals surface area contributed by atoms with E-state index in [1.807, 2.05) is 19.1 Å². The summed E-state index contributed by atoms with van der Waals surface area (Å²) >= 11 is 5.82. The van der Waals surface area contributed by atoms with Crippen LogP contribution in [0.5, 0.6) is 0 Å². The minimum Gasteiger partial charge on any atom is -0.378 e. The van der Waals surface area contributed by atoms with Gasteiger partial charge in [0.1, 0.15) is 11.0 Å². The first-order valence-electron chi connectivity index (χ1n) is 5.83. The molecule has 0 fully saturated rings. The largest absolute Gasteiger partial charge is 0.378 e. The molecule has 0 aliphatic carbocycles. The molecule has 0 radical (unpaired) electrons. The molecule has 0 aliphatic rings. The van der Waals surface area contributed by atoms with Gasteiger partial charge < -0.3 is 5.32 Å². The summed E-state index contributed by atoms with van der Waals surface area (Å²) in [6.45, 7) is 2.01. The first-order chi connectivity index (χ1) is 8.70. The van der Waals surface area contributed by atoms with Crippen molar-refractivity contribution < 1.29 is 4.39 Å². The van der Waals surface area contributed by atoms with Gasteiger partial charge in [0, 0.05) is 17.4 Å². The number of nitrogens with zero attached hydrogens (tertiary/aromatic N) is 1. The molecule has 1 N–H and O–H groups in total. The molecule has 1 unspecified atom stereocenters.